The van der Waals surface area contributed by atoms with E-state index in [1.54, 1.807) is 0 Å². The topological polar surface area (TPSA) is 50.1 Å². The quantitative estimate of drug-likeness (QED) is 0.845. The predicted octanol–water partition coefficient (Wildman–Crippen LogP) is 1.61. The number of aliphatic hydroxyl groups is 1. The predicted molar refractivity (Wildman–Crippen MR) is 71.3 cm³/mol. The molecule has 1 saturated heterocycles. The van der Waals surface area contributed by atoms with E-state index >= 15 is 0 Å². The molecule has 4 nitrogen and oxygen atoms in total. The Morgan fingerprint density at radius 2 is 2.17 bits per heavy atom. The first-order chi connectivity index (χ1) is 8.75. The van der Waals surface area contributed by atoms with Crippen LogP contribution in [0.25, 0.3) is 11.0 Å². The van der Waals surface area contributed by atoms with Crippen LogP contribution in [0.5, 0.6) is 0 Å². The van der Waals surface area contributed by atoms with Crippen LogP contribution in [0.3, 0.4) is 0 Å². The lowest BCUT2D eigenvalue weighted by atomic mass is 9.88. The zero-order chi connectivity index (χ0) is 12.5. The van der Waals surface area contributed by atoms with E-state index in [4.69, 9.17) is 0 Å². The van der Waals surface area contributed by atoms with E-state index in [2.05, 4.69) is 10.3 Å². The minimum Gasteiger partial charge on any atom is -0.388 e. The van der Waals surface area contributed by atoms with Crippen molar-refractivity contribution in [1.29, 1.82) is 0 Å². The number of hydrogen-bond donors (Lipinski definition) is 2. The van der Waals surface area contributed by atoms with Gasteiger partial charge in [0, 0.05) is 7.05 Å². The van der Waals surface area contributed by atoms with Gasteiger partial charge in [-0.25, -0.2) is 4.98 Å². The van der Waals surface area contributed by atoms with Crippen molar-refractivity contribution in [3.8, 4) is 0 Å². The second-order valence-corrected chi connectivity index (χ2v) is 5.14. The van der Waals surface area contributed by atoms with E-state index < -0.39 is 0 Å². The fourth-order valence-electron chi connectivity index (χ4n) is 2.77. The average molecular weight is 245 g/mol. The van der Waals surface area contributed by atoms with Gasteiger partial charge in [0.05, 0.1) is 23.5 Å². The van der Waals surface area contributed by atoms with Crippen molar-refractivity contribution in [1.82, 2.24) is 14.9 Å². The Morgan fingerprint density at radius 3 is 2.94 bits per heavy atom. The smallest absolute Gasteiger partial charge is 0.0955 e. The maximum Gasteiger partial charge on any atom is 0.0955 e. The number of aliphatic hydroxyl groups excluding tert-OH is 1. The Bertz CT molecular complexity index is 543. The van der Waals surface area contributed by atoms with Crippen LogP contribution in [0.15, 0.2) is 24.5 Å². The Hall–Kier alpha value is -1.39. The summed E-state index contributed by atoms with van der Waals surface area (Å²) in [6, 6.07) is 6.08. The summed E-state index contributed by atoms with van der Waals surface area (Å²) >= 11 is 0. The monoisotopic (exact) mass is 245 g/mol. The number of aromatic nitrogens is 2. The van der Waals surface area contributed by atoms with Crippen molar-refractivity contribution in [3.63, 3.8) is 0 Å². The Balaban J connectivity index is 1.88. The van der Waals surface area contributed by atoms with Crippen LogP contribution in [0.4, 0.5) is 0 Å². The lowest BCUT2D eigenvalue weighted by Gasteiger charge is -2.27. The van der Waals surface area contributed by atoms with E-state index in [0.717, 1.165) is 42.5 Å². The molecule has 0 bridgehead atoms. The van der Waals surface area contributed by atoms with Crippen LogP contribution >= 0.6 is 0 Å². The molecule has 96 valence electrons. The number of benzene rings is 1. The van der Waals surface area contributed by atoms with Crippen molar-refractivity contribution in [2.45, 2.75) is 18.9 Å². The minimum absolute atomic E-state index is 0.362. The Kier molecular flexibility index (Phi) is 3.06. The van der Waals surface area contributed by atoms with E-state index in [-0.39, 0.29) is 6.10 Å². The highest BCUT2D eigenvalue weighted by molar-refractivity contribution is 5.76. The third-order valence-corrected chi connectivity index (χ3v) is 3.92. The first-order valence-corrected chi connectivity index (χ1v) is 6.55. The van der Waals surface area contributed by atoms with E-state index in [9.17, 15) is 5.11 Å². The molecule has 4 heteroatoms. The van der Waals surface area contributed by atoms with Gasteiger partial charge in [-0.05, 0) is 49.5 Å². The van der Waals surface area contributed by atoms with Gasteiger partial charge in [-0.1, -0.05) is 6.07 Å². The van der Waals surface area contributed by atoms with Crippen LogP contribution < -0.4 is 5.32 Å². The molecule has 2 N–H and O–H groups in total. The number of nitrogens with zero attached hydrogens (tertiary/aromatic N) is 2. The molecule has 2 aromatic rings. The molecule has 18 heavy (non-hydrogen) atoms. The number of hydrogen-bond acceptors (Lipinski definition) is 3. The molecule has 1 fully saturated rings. The van der Waals surface area contributed by atoms with Crippen LogP contribution in [0.2, 0.25) is 0 Å². The summed E-state index contributed by atoms with van der Waals surface area (Å²) in [5.41, 5.74) is 3.06. The minimum atomic E-state index is -0.362. The molecular formula is C14H19N3O. The first kappa shape index (κ1) is 11.7. The lowest BCUT2D eigenvalue weighted by Crippen LogP contribution is -2.30. The summed E-state index contributed by atoms with van der Waals surface area (Å²) in [5, 5.41) is 13.8. The molecule has 1 atom stereocenters. The number of rotatable bonds is 2. The number of piperidine rings is 1. The highest BCUT2D eigenvalue weighted by atomic mass is 16.3. The third-order valence-electron chi connectivity index (χ3n) is 3.92. The molecular weight excluding hydrogens is 226 g/mol. The molecule has 3 rings (SSSR count). The molecule has 1 aromatic carbocycles. The fraction of sp³-hybridized carbons (Fsp3) is 0.500. The van der Waals surface area contributed by atoms with Crippen LogP contribution in [-0.2, 0) is 7.05 Å². The van der Waals surface area contributed by atoms with Gasteiger partial charge in [-0.3, -0.25) is 0 Å². The highest BCUT2D eigenvalue weighted by Gasteiger charge is 2.23. The average Bonchev–Trinajstić information content (AvgIpc) is 2.80. The summed E-state index contributed by atoms with van der Waals surface area (Å²) in [7, 11) is 1.98. The van der Waals surface area contributed by atoms with Gasteiger partial charge in [0.15, 0.2) is 0 Å². The standard InChI is InChI=1S/C14H19N3O/c1-17-9-16-12-8-11(2-3-13(12)17)14(18)10-4-6-15-7-5-10/h2-3,8-10,14-15,18H,4-7H2,1H3. The van der Waals surface area contributed by atoms with Gasteiger partial charge in [-0.15, -0.1) is 0 Å². The summed E-state index contributed by atoms with van der Waals surface area (Å²) in [6.07, 6.45) is 3.53. The second kappa shape index (κ2) is 4.71. The summed E-state index contributed by atoms with van der Waals surface area (Å²) in [5.74, 6) is 0.368. The normalized spacial score (nSPS) is 19.2. The molecule has 0 radical (unpaired) electrons. The van der Waals surface area contributed by atoms with Gasteiger partial charge >= 0.3 is 0 Å². The molecule has 0 aliphatic carbocycles. The zero-order valence-electron chi connectivity index (χ0n) is 10.6. The summed E-state index contributed by atoms with van der Waals surface area (Å²) in [4.78, 5) is 4.35. The molecule has 0 amide bonds. The van der Waals surface area contributed by atoms with Crippen molar-refractivity contribution in [2.24, 2.45) is 13.0 Å². The molecule has 0 spiro atoms. The van der Waals surface area contributed by atoms with Gasteiger partial charge in [0.2, 0.25) is 0 Å². The maximum absolute atomic E-state index is 10.4. The summed E-state index contributed by atoms with van der Waals surface area (Å²) < 4.78 is 2.00. The molecule has 2 heterocycles. The van der Waals surface area contributed by atoms with Gasteiger partial charge in [-0.2, -0.15) is 0 Å². The van der Waals surface area contributed by atoms with Crippen molar-refractivity contribution >= 4 is 11.0 Å². The highest BCUT2D eigenvalue weighted by Crippen LogP contribution is 2.30. The fourth-order valence-corrected chi connectivity index (χ4v) is 2.77. The van der Waals surface area contributed by atoms with Gasteiger partial charge in [0.1, 0.15) is 0 Å². The van der Waals surface area contributed by atoms with Crippen molar-refractivity contribution < 1.29 is 5.11 Å². The van der Waals surface area contributed by atoms with Gasteiger partial charge in [0.25, 0.3) is 0 Å². The number of fused-ring (bicyclic) bond motifs is 1. The van der Waals surface area contributed by atoms with Gasteiger partial charge < -0.3 is 15.0 Å². The van der Waals surface area contributed by atoms with E-state index in [1.165, 1.54) is 0 Å². The van der Waals surface area contributed by atoms with Crippen molar-refractivity contribution in [3.05, 3.63) is 30.1 Å². The van der Waals surface area contributed by atoms with E-state index in [1.807, 2.05) is 36.1 Å². The molecule has 1 aliphatic heterocycles. The Morgan fingerprint density at radius 1 is 1.39 bits per heavy atom. The number of imidazole rings is 1. The molecule has 1 unspecified atom stereocenters. The SMILES string of the molecule is Cn1cnc2cc(C(O)C3CCNCC3)ccc21. The largest absolute Gasteiger partial charge is 0.388 e. The van der Waals surface area contributed by atoms with Crippen LogP contribution in [0, 0.1) is 5.92 Å². The zero-order valence-corrected chi connectivity index (χ0v) is 10.6. The van der Waals surface area contributed by atoms with Crippen molar-refractivity contribution in [2.75, 3.05) is 13.1 Å². The molecule has 0 saturated carbocycles. The van der Waals surface area contributed by atoms with Crippen LogP contribution in [-0.4, -0.2) is 27.7 Å². The second-order valence-electron chi connectivity index (χ2n) is 5.14. The maximum atomic E-state index is 10.4. The Labute approximate surface area is 107 Å². The van der Waals surface area contributed by atoms with E-state index in [0.29, 0.717) is 5.92 Å². The number of nitrogens with one attached hydrogen (secondary N) is 1. The summed E-state index contributed by atoms with van der Waals surface area (Å²) in [6.45, 7) is 2.01. The lowest BCUT2D eigenvalue weighted by molar-refractivity contribution is 0.0890. The molecule has 1 aromatic heterocycles. The molecule has 1 aliphatic rings. The van der Waals surface area contributed by atoms with Crippen LogP contribution in [0.1, 0.15) is 24.5 Å². The first-order valence-electron chi connectivity index (χ1n) is 6.55. The third kappa shape index (κ3) is 2.02. The number of aryl methyl sites for hydroxylation is 1.